The van der Waals surface area contributed by atoms with E-state index in [-0.39, 0.29) is 0 Å². The highest BCUT2D eigenvalue weighted by Gasteiger charge is 1.96. The molecule has 0 fully saturated rings. The number of nitrogens with zero attached hydrogens (tertiary/aromatic N) is 3. The summed E-state index contributed by atoms with van der Waals surface area (Å²) in [6.45, 7) is 1.98. The summed E-state index contributed by atoms with van der Waals surface area (Å²) in [7, 11) is 3.60. The van der Waals surface area contributed by atoms with Crippen molar-refractivity contribution in [3.8, 4) is 0 Å². The lowest BCUT2D eigenvalue weighted by Crippen LogP contribution is -2.12. The Labute approximate surface area is 95.1 Å². The maximum atomic E-state index is 5.85. The fourth-order valence-electron chi connectivity index (χ4n) is 1.13. The van der Waals surface area contributed by atoms with Crippen molar-refractivity contribution in [2.24, 2.45) is 9.98 Å². The van der Waals surface area contributed by atoms with Gasteiger partial charge in [-0.2, -0.15) is 0 Å². The third-order valence-corrected chi connectivity index (χ3v) is 2.07. The van der Waals surface area contributed by atoms with Crippen molar-refractivity contribution in [3.05, 3.63) is 28.8 Å². The minimum atomic E-state index is 0.731. The van der Waals surface area contributed by atoms with Crippen molar-refractivity contribution in [2.75, 3.05) is 14.1 Å². The predicted molar refractivity (Wildman–Crippen MR) is 66.5 cm³/mol. The van der Waals surface area contributed by atoms with Crippen molar-refractivity contribution in [3.63, 3.8) is 0 Å². The molecule has 0 aromatic heterocycles. The lowest BCUT2D eigenvalue weighted by atomic mass is 10.2. The van der Waals surface area contributed by atoms with E-state index in [1.165, 1.54) is 0 Å². The van der Waals surface area contributed by atoms with Crippen LogP contribution in [0.4, 0.5) is 5.69 Å². The fraction of sp³-hybridized carbons (Fsp3) is 0.273. The molecular formula is C11H14ClN3. The summed E-state index contributed by atoms with van der Waals surface area (Å²) in [6.07, 6.45) is 3.40. The normalized spacial score (nSPS) is 11.5. The van der Waals surface area contributed by atoms with Crippen LogP contribution in [0.1, 0.15) is 5.56 Å². The highest BCUT2D eigenvalue weighted by Crippen LogP contribution is 2.21. The first-order valence-electron chi connectivity index (χ1n) is 4.58. The number of halogens is 1. The summed E-state index contributed by atoms with van der Waals surface area (Å²) >= 11 is 5.85. The van der Waals surface area contributed by atoms with Gasteiger partial charge < -0.3 is 4.90 Å². The summed E-state index contributed by atoms with van der Waals surface area (Å²) in [4.78, 5) is 9.98. The molecule has 0 spiro atoms. The maximum Gasteiger partial charge on any atom is 0.0961 e. The van der Waals surface area contributed by atoms with E-state index < -0.39 is 0 Å². The minimum absolute atomic E-state index is 0.731. The molecule has 1 aromatic carbocycles. The minimum Gasteiger partial charge on any atom is -0.327 e. The molecule has 0 radical (unpaired) electrons. The molecule has 3 nitrogen and oxygen atoms in total. The standard InChI is InChI=1S/C11H14ClN3/c1-9-6-10(12)4-5-11(9)14-8-15(3)7-13-2/h4-8H,1-3H3. The average Bonchev–Trinajstić information content (AvgIpc) is 2.17. The third-order valence-electron chi connectivity index (χ3n) is 1.84. The van der Waals surface area contributed by atoms with Crippen molar-refractivity contribution in [1.82, 2.24) is 4.90 Å². The van der Waals surface area contributed by atoms with Crippen LogP contribution in [0.5, 0.6) is 0 Å². The zero-order valence-corrected chi connectivity index (χ0v) is 9.86. The Morgan fingerprint density at radius 3 is 2.67 bits per heavy atom. The van der Waals surface area contributed by atoms with Gasteiger partial charge in [-0.1, -0.05) is 11.6 Å². The number of aryl methyl sites for hydroxylation is 1. The Balaban J connectivity index is 2.80. The second-order valence-electron chi connectivity index (χ2n) is 3.21. The smallest absolute Gasteiger partial charge is 0.0961 e. The Morgan fingerprint density at radius 2 is 2.07 bits per heavy atom. The number of aliphatic imine (C=N–C) groups is 2. The average molecular weight is 224 g/mol. The van der Waals surface area contributed by atoms with E-state index in [0.29, 0.717) is 0 Å². The molecule has 15 heavy (non-hydrogen) atoms. The maximum absolute atomic E-state index is 5.85. The largest absolute Gasteiger partial charge is 0.327 e. The van der Waals surface area contributed by atoms with Crippen LogP contribution >= 0.6 is 11.6 Å². The first-order chi connectivity index (χ1) is 7.13. The van der Waals surface area contributed by atoms with Crippen LogP contribution in [-0.2, 0) is 0 Å². The molecule has 0 aliphatic heterocycles. The van der Waals surface area contributed by atoms with E-state index in [0.717, 1.165) is 16.3 Å². The molecule has 0 N–H and O–H groups in total. The summed E-state index contributed by atoms with van der Waals surface area (Å²) in [5.41, 5.74) is 1.97. The Morgan fingerprint density at radius 1 is 1.33 bits per heavy atom. The van der Waals surface area contributed by atoms with Crippen LogP contribution in [0.25, 0.3) is 0 Å². The molecule has 0 unspecified atom stereocenters. The molecule has 0 aliphatic rings. The van der Waals surface area contributed by atoms with Crippen molar-refractivity contribution >= 4 is 30.0 Å². The second-order valence-corrected chi connectivity index (χ2v) is 3.65. The second kappa shape index (κ2) is 5.51. The summed E-state index contributed by atoms with van der Waals surface area (Å²) in [6, 6.07) is 5.61. The zero-order chi connectivity index (χ0) is 11.3. The van der Waals surface area contributed by atoms with Gasteiger partial charge in [0.15, 0.2) is 0 Å². The van der Waals surface area contributed by atoms with Crippen LogP contribution in [0.2, 0.25) is 5.02 Å². The highest BCUT2D eigenvalue weighted by atomic mass is 35.5. The molecule has 0 atom stereocenters. The Kier molecular flexibility index (Phi) is 4.31. The van der Waals surface area contributed by atoms with Gasteiger partial charge in [-0.05, 0) is 30.7 Å². The van der Waals surface area contributed by atoms with Crippen molar-refractivity contribution in [2.45, 2.75) is 6.92 Å². The number of rotatable bonds is 3. The Hall–Kier alpha value is -1.35. The van der Waals surface area contributed by atoms with Gasteiger partial charge in [-0.3, -0.25) is 4.99 Å². The summed E-state index contributed by atoms with van der Waals surface area (Å²) < 4.78 is 0. The van der Waals surface area contributed by atoms with Crippen LogP contribution in [0.3, 0.4) is 0 Å². The van der Waals surface area contributed by atoms with E-state index in [9.17, 15) is 0 Å². The van der Waals surface area contributed by atoms with Gasteiger partial charge in [0.1, 0.15) is 0 Å². The van der Waals surface area contributed by atoms with Gasteiger partial charge in [-0.15, -0.1) is 0 Å². The van der Waals surface area contributed by atoms with E-state index in [2.05, 4.69) is 9.98 Å². The van der Waals surface area contributed by atoms with E-state index in [1.807, 2.05) is 32.2 Å². The highest BCUT2D eigenvalue weighted by molar-refractivity contribution is 6.30. The zero-order valence-electron chi connectivity index (χ0n) is 9.11. The molecule has 0 amide bonds. The van der Waals surface area contributed by atoms with Gasteiger partial charge in [0.2, 0.25) is 0 Å². The Bertz CT molecular complexity index is 385. The van der Waals surface area contributed by atoms with Crippen LogP contribution in [0, 0.1) is 6.92 Å². The molecule has 0 heterocycles. The van der Waals surface area contributed by atoms with Crippen molar-refractivity contribution < 1.29 is 0 Å². The van der Waals surface area contributed by atoms with Crippen molar-refractivity contribution in [1.29, 1.82) is 0 Å². The van der Waals surface area contributed by atoms with Gasteiger partial charge in [0.25, 0.3) is 0 Å². The number of hydrogen-bond acceptors (Lipinski definition) is 2. The third kappa shape index (κ3) is 3.72. The topological polar surface area (TPSA) is 28.0 Å². The van der Waals surface area contributed by atoms with Gasteiger partial charge in [0.05, 0.1) is 18.4 Å². The van der Waals surface area contributed by atoms with Crippen LogP contribution in [0.15, 0.2) is 28.2 Å². The number of benzene rings is 1. The quantitative estimate of drug-likeness (QED) is 0.572. The van der Waals surface area contributed by atoms with Crippen LogP contribution in [-0.4, -0.2) is 31.7 Å². The van der Waals surface area contributed by atoms with Gasteiger partial charge in [0, 0.05) is 19.1 Å². The molecule has 1 aromatic rings. The number of hydrogen-bond donors (Lipinski definition) is 0. The SMILES string of the molecule is CN=CN(C)C=Nc1ccc(Cl)cc1C. The van der Waals surface area contributed by atoms with Gasteiger partial charge in [-0.25, -0.2) is 4.99 Å². The molecule has 80 valence electrons. The first-order valence-corrected chi connectivity index (χ1v) is 4.96. The molecule has 0 saturated heterocycles. The monoisotopic (exact) mass is 223 g/mol. The van der Waals surface area contributed by atoms with E-state index in [4.69, 9.17) is 11.6 Å². The van der Waals surface area contributed by atoms with E-state index in [1.54, 1.807) is 24.6 Å². The molecular weight excluding hydrogens is 210 g/mol. The van der Waals surface area contributed by atoms with E-state index >= 15 is 0 Å². The summed E-state index contributed by atoms with van der Waals surface area (Å²) in [5, 5.41) is 0.731. The molecule has 0 aliphatic carbocycles. The van der Waals surface area contributed by atoms with Gasteiger partial charge >= 0.3 is 0 Å². The summed E-state index contributed by atoms with van der Waals surface area (Å²) in [5.74, 6) is 0. The molecule has 0 saturated carbocycles. The fourth-order valence-corrected chi connectivity index (χ4v) is 1.36. The molecule has 4 heteroatoms. The lowest BCUT2D eigenvalue weighted by molar-refractivity contribution is 0.799. The first kappa shape index (κ1) is 11.7. The van der Waals surface area contributed by atoms with Crippen LogP contribution < -0.4 is 0 Å². The lowest BCUT2D eigenvalue weighted by Gasteiger charge is -2.05. The molecule has 1 rings (SSSR count). The predicted octanol–water partition coefficient (Wildman–Crippen LogP) is 2.90. The molecule has 0 bridgehead atoms.